The van der Waals surface area contributed by atoms with Gasteiger partial charge in [-0.15, -0.1) is 5.10 Å². The summed E-state index contributed by atoms with van der Waals surface area (Å²) in [4.78, 5) is 12.7. The fraction of sp³-hybridized carbons (Fsp3) is 0.294. The first-order valence-electron chi connectivity index (χ1n) is 7.52. The van der Waals surface area contributed by atoms with Crippen LogP contribution in [-0.2, 0) is 6.54 Å². The highest BCUT2D eigenvalue weighted by atomic mass is 16.3. The molecule has 1 saturated carbocycles. The van der Waals surface area contributed by atoms with Gasteiger partial charge in [0.1, 0.15) is 0 Å². The first kappa shape index (κ1) is 13.1. The molecular formula is C17H17N3O2. The lowest BCUT2D eigenvalue weighted by molar-refractivity contribution is 0.568. The third kappa shape index (κ3) is 2.19. The molecule has 3 aromatic rings. The number of rotatable bonds is 4. The van der Waals surface area contributed by atoms with Crippen molar-refractivity contribution in [2.24, 2.45) is 0 Å². The number of aromatic nitrogens is 3. The molecule has 1 aliphatic carbocycles. The molecule has 0 spiro atoms. The lowest BCUT2D eigenvalue weighted by atomic mass is 10.1. The van der Waals surface area contributed by atoms with E-state index in [2.05, 4.69) is 5.10 Å². The summed E-state index contributed by atoms with van der Waals surface area (Å²) < 4.78 is 8.76. The second-order valence-corrected chi connectivity index (χ2v) is 5.77. The SMILES string of the molecule is Cc1ccccc1Cn1nc(-c2ccco2)n(C2CC2)c1=O. The number of nitrogens with zero attached hydrogens (tertiary/aromatic N) is 3. The van der Waals surface area contributed by atoms with Gasteiger partial charge in [-0.25, -0.2) is 9.48 Å². The highest BCUT2D eigenvalue weighted by Gasteiger charge is 2.31. The lowest BCUT2D eigenvalue weighted by Crippen LogP contribution is -2.25. The molecular weight excluding hydrogens is 278 g/mol. The van der Waals surface area contributed by atoms with Crippen LogP contribution in [-0.4, -0.2) is 14.3 Å². The normalized spacial score (nSPS) is 14.4. The molecule has 0 atom stereocenters. The fourth-order valence-corrected chi connectivity index (χ4v) is 2.71. The fourth-order valence-electron chi connectivity index (χ4n) is 2.71. The Bertz CT molecular complexity index is 854. The van der Waals surface area contributed by atoms with E-state index in [9.17, 15) is 4.79 Å². The predicted octanol–water partition coefficient (Wildman–Crippen LogP) is 3.00. The molecule has 1 aromatic carbocycles. The molecule has 4 rings (SSSR count). The van der Waals surface area contributed by atoms with Crippen molar-refractivity contribution >= 4 is 0 Å². The van der Waals surface area contributed by atoms with Crippen LogP contribution < -0.4 is 5.69 Å². The molecule has 0 saturated heterocycles. The summed E-state index contributed by atoms with van der Waals surface area (Å²) in [7, 11) is 0. The maximum atomic E-state index is 12.7. The first-order chi connectivity index (χ1) is 10.7. The summed E-state index contributed by atoms with van der Waals surface area (Å²) in [6.45, 7) is 2.53. The molecule has 112 valence electrons. The van der Waals surface area contributed by atoms with E-state index in [1.165, 1.54) is 0 Å². The van der Waals surface area contributed by atoms with Crippen molar-refractivity contribution in [1.29, 1.82) is 0 Å². The molecule has 2 aromatic heterocycles. The van der Waals surface area contributed by atoms with Gasteiger partial charge in [0, 0.05) is 6.04 Å². The van der Waals surface area contributed by atoms with Gasteiger partial charge in [0.15, 0.2) is 5.76 Å². The van der Waals surface area contributed by atoms with Crippen molar-refractivity contribution in [3.05, 3.63) is 64.3 Å². The summed E-state index contributed by atoms with van der Waals surface area (Å²) in [6, 6.07) is 12.0. The van der Waals surface area contributed by atoms with Crippen molar-refractivity contribution < 1.29 is 4.42 Å². The Labute approximate surface area is 127 Å². The summed E-state index contributed by atoms with van der Waals surface area (Å²) in [6.07, 6.45) is 3.67. The molecule has 2 heterocycles. The van der Waals surface area contributed by atoms with Crippen molar-refractivity contribution in [3.63, 3.8) is 0 Å². The number of aryl methyl sites for hydroxylation is 1. The molecule has 22 heavy (non-hydrogen) atoms. The van der Waals surface area contributed by atoms with Crippen molar-refractivity contribution in [3.8, 4) is 11.6 Å². The molecule has 0 aliphatic heterocycles. The number of furan rings is 1. The van der Waals surface area contributed by atoms with Crippen LogP contribution in [0.25, 0.3) is 11.6 Å². The number of benzene rings is 1. The van der Waals surface area contributed by atoms with E-state index >= 15 is 0 Å². The van der Waals surface area contributed by atoms with Crippen LogP contribution in [0.3, 0.4) is 0 Å². The number of hydrogen-bond acceptors (Lipinski definition) is 3. The maximum absolute atomic E-state index is 12.7. The zero-order chi connectivity index (χ0) is 15.1. The second kappa shape index (κ2) is 5.02. The van der Waals surface area contributed by atoms with E-state index in [1.54, 1.807) is 15.5 Å². The smallest absolute Gasteiger partial charge is 0.346 e. The van der Waals surface area contributed by atoms with Gasteiger partial charge in [-0.3, -0.25) is 4.57 Å². The van der Waals surface area contributed by atoms with Crippen LogP contribution in [0.4, 0.5) is 0 Å². The van der Waals surface area contributed by atoms with Gasteiger partial charge in [-0.1, -0.05) is 24.3 Å². The van der Waals surface area contributed by atoms with Crippen LogP contribution in [0.1, 0.15) is 30.0 Å². The van der Waals surface area contributed by atoms with Gasteiger partial charge < -0.3 is 4.42 Å². The van der Waals surface area contributed by atoms with Gasteiger partial charge in [-0.2, -0.15) is 0 Å². The van der Waals surface area contributed by atoms with Gasteiger partial charge >= 0.3 is 5.69 Å². The van der Waals surface area contributed by atoms with Gasteiger partial charge in [-0.05, 0) is 43.0 Å². The van der Waals surface area contributed by atoms with Gasteiger partial charge in [0.2, 0.25) is 5.82 Å². The summed E-state index contributed by atoms with van der Waals surface area (Å²) in [5.74, 6) is 1.28. The van der Waals surface area contributed by atoms with E-state index in [0.717, 1.165) is 24.0 Å². The van der Waals surface area contributed by atoms with Gasteiger partial charge in [0.05, 0.1) is 12.8 Å². The quantitative estimate of drug-likeness (QED) is 0.743. The van der Waals surface area contributed by atoms with Crippen LogP contribution in [0.5, 0.6) is 0 Å². The molecule has 0 unspecified atom stereocenters. The Balaban J connectivity index is 1.79. The zero-order valence-electron chi connectivity index (χ0n) is 12.4. The second-order valence-electron chi connectivity index (χ2n) is 5.77. The third-order valence-corrected chi connectivity index (χ3v) is 4.11. The highest BCUT2D eigenvalue weighted by Crippen LogP contribution is 2.36. The number of hydrogen-bond donors (Lipinski definition) is 0. The maximum Gasteiger partial charge on any atom is 0.346 e. The third-order valence-electron chi connectivity index (χ3n) is 4.11. The zero-order valence-corrected chi connectivity index (χ0v) is 12.4. The lowest BCUT2D eigenvalue weighted by Gasteiger charge is -2.04. The van der Waals surface area contributed by atoms with Gasteiger partial charge in [0.25, 0.3) is 0 Å². The average Bonchev–Trinajstić information content (AvgIpc) is 3.09. The molecule has 5 heteroatoms. The summed E-state index contributed by atoms with van der Waals surface area (Å²) >= 11 is 0. The van der Waals surface area contributed by atoms with E-state index in [0.29, 0.717) is 18.1 Å². The standard InChI is InChI=1S/C17H17N3O2/c1-12-5-2-3-6-13(12)11-19-17(21)20(14-8-9-14)16(18-19)15-7-4-10-22-15/h2-7,10,14H,8-9,11H2,1H3. The Morgan fingerprint density at radius 1 is 1.23 bits per heavy atom. The molecule has 1 fully saturated rings. The highest BCUT2D eigenvalue weighted by molar-refractivity contribution is 5.46. The largest absolute Gasteiger partial charge is 0.461 e. The Morgan fingerprint density at radius 3 is 2.73 bits per heavy atom. The predicted molar refractivity (Wildman–Crippen MR) is 82.7 cm³/mol. The Kier molecular flexibility index (Phi) is 2.99. The summed E-state index contributed by atoms with van der Waals surface area (Å²) in [5.41, 5.74) is 2.21. The van der Waals surface area contributed by atoms with E-state index in [-0.39, 0.29) is 11.7 Å². The van der Waals surface area contributed by atoms with Crippen molar-refractivity contribution in [2.75, 3.05) is 0 Å². The van der Waals surface area contributed by atoms with Crippen LogP contribution in [0, 0.1) is 6.92 Å². The monoisotopic (exact) mass is 295 g/mol. The van der Waals surface area contributed by atoms with E-state index < -0.39 is 0 Å². The summed E-state index contributed by atoms with van der Waals surface area (Å²) in [5, 5.41) is 4.52. The molecule has 1 aliphatic rings. The van der Waals surface area contributed by atoms with E-state index in [1.807, 2.05) is 43.3 Å². The van der Waals surface area contributed by atoms with Crippen molar-refractivity contribution in [1.82, 2.24) is 14.3 Å². The molecule has 0 bridgehead atoms. The molecule has 0 amide bonds. The van der Waals surface area contributed by atoms with Crippen LogP contribution in [0.2, 0.25) is 0 Å². The Hall–Kier alpha value is -2.56. The van der Waals surface area contributed by atoms with Crippen molar-refractivity contribution in [2.45, 2.75) is 32.4 Å². The van der Waals surface area contributed by atoms with Crippen LogP contribution >= 0.6 is 0 Å². The molecule has 0 radical (unpaired) electrons. The topological polar surface area (TPSA) is 53.0 Å². The first-order valence-corrected chi connectivity index (χ1v) is 7.52. The molecule has 0 N–H and O–H groups in total. The van der Waals surface area contributed by atoms with E-state index in [4.69, 9.17) is 4.42 Å². The minimum absolute atomic E-state index is 0.0582. The molecule has 5 nitrogen and oxygen atoms in total. The average molecular weight is 295 g/mol. The Morgan fingerprint density at radius 2 is 2.05 bits per heavy atom. The minimum atomic E-state index is -0.0582. The van der Waals surface area contributed by atoms with Crippen LogP contribution in [0.15, 0.2) is 51.9 Å². The minimum Gasteiger partial charge on any atom is -0.461 e.